The highest BCUT2D eigenvalue weighted by Crippen LogP contribution is 2.27. The number of nitrogens with one attached hydrogen (secondary N) is 1. The highest BCUT2D eigenvalue weighted by Gasteiger charge is 2.20. The van der Waals surface area contributed by atoms with E-state index in [0.717, 1.165) is 13.1 Å². The van der Waals surface area contributed by atoms with Gasteiger partial charge in [0.1, 0.15) is 0 Å². The van der Waals surface area contributed by atoms with Gasteiger partial charge in [-0.2, -0.15) is 0 Å². The first-order chi connectivity index (χ1) is 14.3. The van der Waals surface area contributed by atoms with E-state index in [0.29, 0.717) is 18.0 Å². The van der Waals surface area contributed by atoms with Gasteiger partial charge >= 0.3 is 0 Å². The van der Waals surface area contributed by atoms with Crippen LogP contribution in [0, 0.1) is 0 Å². The Bertz CT molecular complexity index is 799. The van der Waals surface area contributed by atoms with Crippen LogP contribution in [0.2, 0.25) is 0 Å². The molecule has 0 radical (unpaired) electrons. The molecule has 0 aliphatic heterocycles. The second kappa shape index (κ2) is 12.6. The van der Waals surface area contributed by atoms with Crippen molar-refractivity contribution in [2.75, 3.05) is 33.4 Å². The number of likely N-dealkylation sites (N-methyl/N-ethyl adjacent to an activating group) is 1. The Morgan fingerprint density at radius 2 is 1.58 bits per heavy atom. The van der Waals surface area contributed by atoms with Crippen LogP contribution >= 0.6 is 12.4 Å². The van der Waals surface area contributed by atoms with Gasteiger partial charge in [0.05, 0.1) is 13.2 Å². The number of ether oxygens (including phenoxy) is 2. The largest absolute Gasteiger partial charge is 0.493 e. The Balaban J connectivity index is 0.00000480. The van der Waals surface area contributed by atoms with E-state index in [2.05, 4.69) is 69.1 Å². The van der Waals surface area contributed by atoms with Gasteiger partial charge in [0.2, 0.25) is 0 Å². The molecule has 2 aromatic carbocycles. The summed E-state index contributed by atoms with van der Waals surface area (Å²) in [4.78, 5) is 14.8. The molecular formula is C25H37ClN2O3. The molecule has 1 amide bonds. The molecule has 2 aromatic rings. The zero-order valence-electron chi connectivity index (χ0n) is 19.6. The Hall–Kier alpha value is -2.24. The maximum atomic E-state index is 12.4. The van der Waals surface area contributed by atoms with Crippen LogP contribution in [0.15, 0.2) is 48.5 Å². The van der Waals surface area contributed by atoms with Gasteiger partial charge in [0.25, 0.3) is 5.91 Å². The van der Waals surface area contributed by atoms with E-state index in [1.165, 1.54) is 11.1 Å². The molecule has 0 bridgehead atoms. The third-order valence-electron chi connectivity index (χ3n) is 5.34. The molecule has 0 saturated carbocycles. The average Bonchev–Trinajstić information content (AvgIpc) is 2.74. The van der Waals surface area contributed by atoms with Crippen molar-refractivity contribution in [3.8, 4) is 11.5 Å². The van der Waals surface area contributed by atoms with Crippen LogP contribution in [0.3, 0.4) is 0 Å². The first kappa shape index (κ1) is 26.8. The summed E-state index contributed by atoms with van der Waals surface area (Å²) in [6.07, 6.45) is 0. The fourth-order valence-electron chi connectivity index (χ4n) is 3.47. The van der Waals surface area contributed by atoms with Gasteiger partial charge in [-0.15, -0.1) is 12.4 Å². The topological polar surface area (TPSA) is 50.8 Å². The van der Waals surface area contributed by atoms with E-state index in [1.54, 1.807) is 13.2 Å². The summed E-state index contributed by atoms with van der Waals surface area (Å²) >= 11 is 0. The molecule has 0 spiro atoms. The summed E-state index contributed by atoms with van der Waals surface area (Å²) in [6.45, 7) is 13.2. The first-order valence-electron chi connectivity index (χ1n) is 10.7. The Kier molecular flexibility index (Phi) is 10.9. The van der Waals surface area contributed by atoms with E-state index >= 15 is 0 Å². The lowest BCUT2D eigenvalue weighted by Gasteiger charge is -2.31. The number of halogens is 1. The number of hydrogen-bond donors (Lipinski definition) is 1. The molecule has 1 atom stereocenters. The molecule has 0 heterocycles. The molecule has 0 saturated heterocycles. The molecule has 0 fully saturated rings. The maximum absolute atomic E-state index is 12.4. The Morgan fingerprint density at radius 3 is 2.10 bits per heavy atom. The van der Waals surface area contributed by atoms with E-state index in [1.807, 2.05) is 18.2 Å². The summed E-state index contributed by atoms with van der Waals surface area (Å²) in [7, 11) is 1.59. The van der Waals surface area contributed by atoms with Gasteiger partial charge in [-0.05, 0) is 41.8 Å². The summed E-state index contributed by atoms with van der Waals surface area (Å²) in [5, 5.41) is 3.04. The Morgan fingerprint density at radius 1 is 1.00 bits per heavy atom. The number of benzene rings is 2. The number of rotatable bonds is 10. The average molecular weight is 449 g/mol. The molecule has 0 aliphatic carbocycles. The molecule has 0 aromatic heterocycles. The zero-order valence-corrected chi connectivity index (χ0v) is 20.4. The van der Waals surface area contributed by atoms with Gasteiger partial charge in [0.15, 0.2) is 18.1 Å². The van der Waals surface area contributed by atoms with Crippen LogP contribution in [0.25, 0.3) is 0 Å². The predicted molar refractivity (Wildman–Crippen MR) is 130 cm³/mol. The van der Waals surface area contributed by atoms with Crippen molar-refractivity contribution in [1.29, 1.82) is 0 Å². The second-order valence-corrected chi connectivity index (χ2v) is 8.35. The monoisotopic (exact) mass is 448 g/mol. The van der Waals surface area contributed by atoms with Crippen molar-refractivity contribution in [3.63, 3.8) is 0 Å². The van der Waals surface area contributed by atoms with Crippen molar-refractivity contribution >= 4 is 18.3 Å². The van der Waals surface area contributed by atoms with Gasteiger partial charge < -0.3 is 14.8 Å². The normalized spacial score (nSPS) is 12.1. The smallest absolute Gasteiger partial charge is 0.258 e. The zero-order chi connectivity index (χ0) is 22.1. The van der Waals surface area contributed by atoms with Crippen LogP contribution in [-0.4, -0.2) is 44.2 Å². The van der Waals surface area contributed by atoms with E-state index in [9.17, 15) is 4.79 Å². The summed E-state index contributed by atoms with van der Waals surface area (Å²) in [5.41, 5.74) is 2.63. The highest BCUT2D eigenvalue weighted by atomic mass is 35.5. The summed E-state index contributed by atoms with van der Waals surface area (Å²) in [6, 6.07) is 16.2. The summed E-state index contributed by atoms with van der Waals surface area (Å²) in [5.74, 6) is 1.03. The summed E-state index contributed by atoms with van der Waals surface area (Å²) < 4.78 is 10.9. The molecule has 2 rings (SSSR count). The number of amides is 1. The number of nitrogens with zero attached hydrogens (tertiary/aromatic N) is 1. The van der Waals surface area contributed by atoms with Crippen LogP contribution in [0.1, 0.15) is 51.8 Å². The van der Waals surface area contributed by atoms with Gasteiger partial charge in [-0.1, -0.05) is 71.0 Å². The SMILES string of the molecule is CCN(CC)C(CNC(=O)COc1ccccc1OC)c1ccc(C(C)(C)C)cc1.Cl. The minimum Gasteiger partial charge on any atom is -0.493 e. The predicted octanol–water partition coefficient (Wildman–Crippen LogP) is 4.99. The number of carbonyl (C=O) groups excluding carboxylic acids is 1. The molecule has 172 valence electrons. The number of carbonyl (C=O) groups is 1. The van der Waals surface area contributed by atoms with Crippen molar-refractivity contribution in [3.05, 3.63) is 59.7 Å². The minimum absolute atomic E-state index is 0. The van der Waals surface area contributed by atoms with E-state index in [4.69, 9.17) is 9.47 Å². The second-order valence-electron chi connectivity index (χ2n) is 8.35. The standard InChI is InChI=1S/C25H36N2O3.ClH/c1-7-27(8-2)21(19-13-15-20(16-14-19)25(3,4)5)17-26-24(28)18-30-23-12-10-9-11-22(23)29-6;/h9-16,21H,7-8,17-18H2,1-6H3,(H,26,28);1H. The quantitative estimate of drug-likeness (QED) is 0.556. The third kappa shape index (κ3) is 7.75. The van der Waals surface area contributed by atoms with Crippen molar-refractivity contribution in [2.24, 2.45) is 0 Å². The van der Waals surface area contributed by atoms with Crippen molar-refractivity contribution in [2.45, 2.75) is 46.1 Å². The Labute approximate surface area is 193 Å². The molecular weight excluding hydrogens is 412 g/mol. The van der Waals surface area contributed by atoms with Gasteiger partial charge in [-0.25, -0.2) is 0 Å². The van der Waals surface area contributed by atoms with Crippen LogP contribution in [0.4, 0.5) is 0 Å². The number of para-hydroxylation sites is 2. The molecule has 1 N–H and O–H groups in total. The third-order valence-corrected chi connectivity index (χ3v) is 5.34. The van der Waals surface area contributed by atoms with Crippen LogP contribution in [0.5, 0.6) is 11.5 Å². The fraction of sp³-hybridized carbons (Fsp3) is 0.480. The first-order valence-corrected chi connectivity index (χ1v) is 10.7. The van der Waals surface area contributed by atoms with E-state index in [-0.39, 0.29) is 36.4 Å². The van der Waals surface area contributed by atoms with Crippen molar-refractivity contribution < 1.29 is 14.3 Å². The lowest BCUT2D eigenvalue weighted by molar-refractivity contribution is -0.123. The van der Waals surface area contributed by atoms with E-state index < -0.39 is 0 Å². The van der Waals surface area contributed by atoms with Gasteiger partial charge in [-0.3, -0.25) is 9.69 Å². The van der Waals surface area contributed by atoms with Crippen molar-refractivity contribution in [1.82, 2.24) is 10.2 Å². The van der Waals surface area contributed by atoms with Gasteiger partial charge in [0, 0.05) is 6.54 Å². The minimum atomic E-state index is -0.149. The maximum Gasteiger partial charge on any atom is 0.258 e. The fourth-order valence-corrected chi connectivity index (χ4v) is 3.47. The molecule has 1 unspecified atom stereocenters. The lowest BCUT2D eigenvalue weighted by atomic mass is 9.86. The highest BCUT2D eigenvalue weighted by molar-refractivity contribution is 5.85. The molecule has 6 heteroatoms. The van der Waals surface area contributed by atoms with Crippen LogP contribution < -0.4 is 14.8 Å². The number of hydrogen-bond acceptors (Lipinski definition) is 4. The number of methoxy groups -OCH3 is 1. The molecule has 0 aliphatic rings. The van der Waals surface area contributed by atoms with Crippen LogP contribution in [-0.2, 0) is 10.2 Å². The molecule has 31 heavy (non-hydrogen) atoms. The molecule has 5 nitrogen and oxygen atoms in total. The lowest BCUT2D eigenvalue weighted by Crippen LogP contribution is -2.39.